The van der Waals surface area contributed by atoms with Crippen LogP contribution in [0.5, 0.6) is 0 Å². The maximum atomic E-state index is 6.39. The molecule has 0 aromatic heterocycles. The van der Waals surface area contributed by atoms with E-state index in [4.69, 9.17) is 9.16 Å². The maximum absolute atomic E-state index is 6.39. The minimum absolute atomic E-state index is 0.261. The third kappa shape index (κ3) is 3.72. The Morgan fingerprint density at radius 1 is 1.44 bits per heavy atom. The highest BCUT2D eigenvalue weighted by Crippen LogP contribution is 2.39. The Morgan fingerprint density at radius 2 is 2.00 bits per heavy atom. The molecule has 2 unspecified atom stereocenters. The van der Waals surface area contributed by atoms with Gasteiger partial charge in [0, 0.05) is 0 Å². The van der Waals surface area contributed by atoms with Crippen molar-refractivity contribution in [1.82, 2.24) is 0 Å². The van der Waals surface area contributed by atoms with Crippen molar-refractivity contribution in [2.45, 2.75) is 64.5 Å². The molecule has 2 nitrogen and oxygen atoms in total. The molecule has 1 fully saturated rings. The van der Waals surface area contributed by atoms with Crippen LogP contribution in [0.1, 0.15) is 34.1 Å². The van der Waals surface area contributed by atoms with E-state index in [9.17, 15) is 0 Å². The van der Waals surface area contributed by atoms with Crippen LogP contribution in [0.2, 0.25) is 18.1 Å². The van der Waals surface area contributed by atoms with Crippen molar-refractivity contribution in [2.75, 3.05) is 6.61 Å². The standard InChI is InChI=1S/C13H26O2Si/c1-7-8-9-11(12-10-14-12)15-16(5,6)13(2,3)4/h7-8,11-12H,9-10H2,1-6H3. The molecule has 94 valence electrons. The fraction of sp³-hybridized carbons (Fsp3) is 0.846. The highest BCUT2D eigenvalue weighted by atomic mass is 28.4. The molecule has 0 saturated carbocycles. The van der Waals surface area contributed by atoms with Crippen molar-refractivity contribution in [1.29, 1.82) is 0 Å². The van der Waals surface area contributed by atoms with E-state index in [0.717, 1.165) is 13.0 Å². The predicted molar refractivity (Wildman–Crippen MR) is 71.2 cm³/mol. The van der Waals surface area contributed by atoms with Crippen molar-refractivity contribution in [2.24, 2.45) is 0 Å². The summed E-state index contributed by atoms with van der Waals surface area (Å²) in [5.41, 5.74) is 0. The van der Waals surface area contributed by atoms with Crippen LogP contribution < -0.4 is 0 Å². The molecule has 0 aromatic rings. The zero-order valence-corrected chi connectivity index (χ0v) is 12.5. The lowest BCUT2D eigenvalue weighted by atomic mass is 10.2. The Morgan fingerprint density at radius 3 is 2.38 bits per heavy atom. The summed E-state index contributed by atoms with van der Waals surface area (Å²) in [5, 5.41) is 0.274. The highest BCUT2D eigenvalue weighted by molar-refractivity contribution is 6.74. The summed E-state index contributed by atoms with van der Waals surface area (Å²) in [5.74, 6) is 0. The van der Waals surface area contributed by atoms with Crippen LogP contribution in [-0.4, -0.2) is 27.1 Å². The van der Waals surface area contributed by atoms with Gasteiger partial charge < -0.3 is 9.16 Å². The predicted octanol–water partition coefficient (Wildman–Crippen LogP) is 3.74. The highest BCUT2D eigenvalue weighted by Gasteiger charge is 2.43. The van der Waals surface area contributed by atoms with E-state index < -0.39 is 8.32 Å². The quantitative estimate of drug-likeness (QED) is 0.416. The number of rotatable bonds is 5. The average molecular weight is 242 g/mol. The second-order valence-electron chi connectivity index (χ2n) is 6.09. The molecule has 0 N–H and O–H groups in total. The van der Waals surface area contributed by atoms with E-state index in [0.29, 0.717) is 6.10 Å². The molecule has 16 heavy (non-hydrogen) atoms. The van der Waals surface area contributed by atoms with Gasteiger partial charge in [-0.15, -0.1) is 0 Å². The van der Waals surface area contributed by atoms with Crippen molar-refractivity contribution < 1.29 is 9.16 Å². The summed E-state index contributed by atoms with van der Waals surface area (Å²) in [7, 11) is -1.65. The van der Waals surface area contributed by atoms with Gasteiger partial charge in [-0.1, -0.05) is 32.9 Å². The molecule has 1 saturated heterocycles. The van der Waals surface area contributed by atoms with Crippen LogP contribution in [0.3, 0.4) is 0 Å². The fourth-order valence-corrected chi connectivity index (χ4v) is 2.73. The van der Waals surface area contributed by atoms with Crippen LogP contribution in [0.25, 0.3) is 0 Å². The number of epoxide rings is 1. The Labute approximate surface area is 101 Å². The third-order valence-electron chi connectivity index (χ3n) is 3.63. The number of ether oxygens (including phenoxy) is 1. The van der Waals surface area contributed by atoms with Gasteiger partial charge in [0.2, 0.25) is 0 Å². The van der Waals surface area contributed by atoms with Crippen LogP contribution in [0, 0.1) is 0 Å². The first-order valence-electron chi connectivity index (χ1n) is 6.18. The molecule has 1 aliphatic rings. The molecule has 0 radical (unpaired) electrons. The van der Waals surface area contributed by atoms with Gasteiger partial charge in [0.1, 0.15) is 6.10 Å². The van der Waals surface area contributed by atoms with Crippen molar-refractivity contribution >= 4 is 8.32 Å². The lowest BCUT2D eigenvalue weighted by molar-refractivity contribution is 0.145. The number of allylic oxidation sites excluding steroid dienone is 1. The van der Waals surface area contributed by atoms with E-state index in [2.05, 4.69) is 52.9 Å². The molecule has 1 rings (SSSR count). The summed E-state index contributed by atoms with van der Waals surface area (Å²) >= 11 is 0. The molecule has 0 bridgehead atoms. The van der Waals surface area contributed by atoms with Gasteiger partial charge in [-0.05, 0) is 31.5 Å². The van der Waals surface area contributed by atoms with Gasteiger partial charge in [-0.3, -0.25) is 0 Å². The Kier molecular flexibility index (Phi) is 4.38. The second-order valence-corrected chi connectivity index (χ2v) is 10.8. The van der Waals surface area contributed by atoms with Crippen LogP contribution >= 0.6 is 0 Å². The molecule has 0 amide bonds. The molecule has 0 aromatic carbocycles. The van der Waals surface area contributed by atoms with E-state index in [1.165, 1.54) is 0 Å². The van der Waals surface area contributed by atoms with E-state index >= 15 is 0 Å². The van der Waals surface area contributed by atoms with Gasteiger partial charge in [-0.25, -0.2) is 0 Å². The summed E-state index contributed by atoms with van der Waals surface area (Å²) in [6.45, 7) is 14.4. The molecular formula is C13H26O2Si. The maximum Gasteiger partial charge on any atom is 0.192 e. The lowest BCUT2D eigenvalue weighted by Gasteiger charge is -2.38. The van der Waals surface area contributed by atoms with E-state index in [1.807, 2.05) is 0 Å². The third-order valence-corrected chi connectivity index (χ3v) is 8.13. The normalized spacial score (nSPS) is 23.8. The Balaban J connectivity index is 2.60. The fourth-order valence-electron chi connectivity index (χ4n) is 1.37. The van der Waals surface area contributed by atoms with Crippen LogP contribution in [-0.2, 0) is 9.16 Å². The average Bonchev–Trinajstić information content (AvgIpc) is 2.93. The van der Waals surface area contributed by atoms with Crippen molar-refractivity contribution in [3.63, 3.8) is 0 Å². The lowest BCUT2D eigenvalue weighted by Crippen LogP contribution is -2.45. The van der Waals surface area contributed by atoms with Gasteiger partial charge in [0.15, 0.2) is 8.32 Å². The first-order chi connectivity index (χ1) is 7.28. The number of hydrogen-bond donors (Lipinski definition) is 0. The van der Waals surface area contributed by atoms with Crippen LogP contribution in [0.15, 0.2) is 12.2 Å². The minimum atomic E-state index is -1.65. The summed E-state index contributed by atoms with van der Waals surface area (Å²) in [6.07, 6.45) is 5.85. The monoisotopic (exact) mass is 242 g/mol. The molecule has 1 aliphatic heterocycles. The summed E-state index contributed by atoms with van der Waals surface area (Å²) < 4.78 is 11.8. The van der Waals surface area contributed by atoms with Crippen LogP contribution in [0.4, 0.5) is 0 Å². The van der Waals surface area contributed by atoms with E-state index in [-0.39, 0.29) is 11.1 Å². The summed E-state index contributed by atoms with van der Waals surface area (Å²) in [4.78, 5) is 0. The Bertz CT molecular complexity index is 249. The first-order valence-corrected chi connectivity index (χ1v) is 9.09. The minimum Gasteiger partial charge on any atom is -0.411 e. The SMILES string of the molecule is CC=CCC(O[Si](C)(C)C(C)(C)C)C1CO1. The van der Waals surface area contributed by atoms with Gasteiger partial charge >= 0.3 is 0 Å². The Hall–Kier alpha value is -0.123. The van der Waals surface area contributed by atoms with Gasteiger partial charge in [0.05, 0.1) is 12.7 Å². The molecule has 3 heteroatoms. The van der Waals surface area contributed by atoms with Crippen molar-refractivity contribution in [3.05, 3.63) is 12.2 Å². The molecule has 0 spiro atoms. The zero-order valence-electron chi connectivity index (χ0n) is 11.5. The van der Waals surface area contributed by atoms with Crippen molar-refractivity contribution in [3.8, 4) is 0 Å². The zero-order chi connectivity index (χ0) is 12.4. The molecule has 1 heterocycles. The summed E-state index contributed by atoms with van der Waals surface area (Å²) in [6, 6.07) is 0. The number of hydrogen-bond acceptors (Lipinski definition) is 2. The molecule has 2 atom stereocenters. The molecule has 0 aliphatic carbocycles. The van der Waals surface area contributed by atoms with Gasteiger partial charge in [0.25, 0.3) is 0 Å². The molecular weight excluding hydrogens is 216 g/mol. The second kappa shape index (κ2) is 5.03. The van der Waals surface area contributed by atoms with Gasteiger partial charge in [-0.2, -0.15) is 0 Å². The first kappa shape index (κ1) is 13.9. The van der Waals surface area contributed by atoms with E-state index in [1.54, 1.807) is 0 Å². The smallest absolute Gasteiger partial charge is 0.192 e. The largest absolute Gasteiger partial charge is 0.411 e. The topological polar surface area (TPSA) is 21.8 Å².